The lowest BCUT2D eigenvalue weighted by Crippen LogP contribution is -2.30. The lowest BCUT2D eigenvalue weighted by molar-refractivity contribution is 0.251. The summed E-state index contributed by atoms with van der Waals surface area (Å²) in [5.41, 5.74) is 0.0724. The normalized spacial score (nSPS) is 14.4. The summed E-state index contributed by atoms with van der Waals surface area (Å²) in [6.45, 7) is 0. The minimum atomic E-state index is -0.509. The van der Waals surface area contributed by atoms with Gasteiger partial charge in [0.05, 0.1) is 7.11 Å². The number of methoxy groups -OCH3 is 1. The molecular weight excluding hydrogens is 211 g/mol. The standard InChI is InChI=1S/C11H13FN2O2/c1-16-9-4-2-3-8(12)10(9)14-11(15)13-7-5-6-7/h2-4,7H,5-6H2,1H3,(H2,13,14,15). The van der Waals surface area contributed by atoms with Gasteiger partial charge in [-0.2, -0.15) is 0 Å². The van der Waals surface area contributed by atoms with Gasteiger partial charge in [-0.1, -0.05) is 6.07 Å². The van der Waals surface area contributed by atoms with Crippen LogP contribution in [0.1, 0.15) is 12.8 Å². The molecule has 5 heteroatoms. The summed E-state index contributed by atoms with van der Waals surface area (Å²) in [6.07, 6.45) is 1.98. The number of amides is 2. The average molecular weight is 224 g/mol. The molecule has 1 aromatic carbocycles. The number of para-hydroxylation sites is 1. The highest BCUT2D eigenvalue weighted by atomic mass is 19.1. The lowest BCUT2D eigenvalue weighted by atomic mass is 10.3. The van der Waals surface area contributed by atoms with Crippen LogP contribution in [0.4, 0.5) is 14.9 Å². The Morgan fingerprint density at radius 3 is 2.88 bits per heavy atom. The summed E-state index contributed by atoms with van der Waals surface area (Å²) in [5.74, 6) is -0.198. The molecule has 1 fully saturated rings. The molecule has 86 valence electrons. The molecule has 2 amide bonds. The fourth-order valence-corrected chi connectivity index (χ4v) is 1.36. The second-order valence-electron chi connectivity index (χ2n) is 3.69. The van der Waals surface area contributed by atoms with E-state index in [0.29, 0.717) is 5.75 Å². The van der Waals surface area contributed by atoms with Gasteiger partial charge in [0, 0.05) is 6.04 Å². The van der Waals surface area contributed by atoms with Crippen molar-refractivity contribution < 1.29 is 13.9 Å². The van der Waals surface area contributed by atoms with Gasteiger partial charge in [-0.3, -0.25) is 0 Å². The van der Waals surface area contributed by atoms with Gasteiger partial charge in [-0.05, 0) is 25.0 Å². The first-order chi connectivity index (χ1) is 7.70. The lowest BCUT2D eigenvalue weighted by Gasteiger charge is -2.11. The molecule has 1 aliphatic carbocycles. The van der Waals surface area contributed by atoms with E-state index in [1.807, 2.05) is 0 Å². The summed E-state index contributed by atoms with van der Waals surface area (Å²) in [7, 11) is 1.43. The largest absolute Gasteiger partial charge is 0.494 e. The fourth-order valence-electron chi connectivity index (χ4n) is 1.36. The highest BCUT2D eigenvalue weighted by molar-refractivity contribution is 5.91. The number of urea groups is 1. The van der Waals surface area contributed by atoms with E-state index >= 15 is 0 Å². The van der Waals surface area contributed by atoms with E-state index in [4.69, 9.17) is 4.74 Å². The van der Waals surface area contributed by atoms with Crippen molar-refractivity contribution in [1.82, 2.24) is 5.32 Å². The Hall–Kier alpha value is -1.78. The molecule has 1 saturated carbocycles. The number of anilines is 1. The van der Waals surface area contributed by atoms with Crippen molar-refractivity contribution in [2.75, 3.05) is 12.4 Å². The highest BCUT2D eigenvalue weighted by Gasteiger charge is 2.24. The zero-order chi connectivity index (χ0) is 11.5. The van der Waals surface area contributed by atoms with Crippen LogP contribution in [0.3, 0.4) is 0 Å². The SMILES string of the molecule is COc1cccc(F)c1NC(=O)NC1CC1. The Kier molecular flexibility index (Phi) is 2.94. The maximum Gasteiger partial charge on any atom is 0.319 e. The van der Waals surface area contributed by atoms with Gasteiger partial charge in [-0.25, -0.2) is 9.18 Å². The molecule has 1 aromatic rings. The first-order valence-corrected chi connectivity index (χ1v) is 5.10. The number of halogens is 1. The van der Waals surface area contributed by atoms with E-state index in [1.54, 1.807) is 6.07 Å². The van der Waals surface area contributed by atoms with Crippen molar-refractivity contribution in [3.05, 3.63) is 24.0 Å². The van der Waals surface area contributed by atoms with Crippen LogP contribution < -0.4 is 15.4 Å². The van der Waals surface area contributed by atoms with Crippen molar-refractivity contribution in [2.24, 2.45) is 0 Å². The molecule has 1 aliphatic rings. The minimum Gasteiger partial charge on any atom is -0.494 e. The van der Waals surface area contributed by atoms with Crippen LogP contribution in [-0.4, -0.2) is 19.2 Å². The van der Waals surface area contributed by atoms with Gasteiger partial charge < -0.3 is 15.4 Å². The van der Waals surface area contributed by atoms with Crippen molar-refractivity contribution in [2.45, 2.75) is 18.9 Å². The smallest absolute Gasteiger partial charge is 0.319 e. The molecular formula is C11H13FN2O2. The van der Waals surface area contributed by atoms with Crippen LogP contribution >= 0.6 is 0 Å². The minimum absolute atomic E-state index is 0.0724. The molecule has 2 N–H and O–H groups in total. The van der Waals surface area contributed by atoms with E-state index in [9.17, 15) is 9.18 Å². The van der Waals surface area contributed by atoms with Crippen molar-refractivity contribution >= 4 is 11.7 Å². The third-order valence-corrected chi connectivity index (χ3v) is 2.35. The second-order valence-corrected chi connectivity index (χ2v) is 3.69. The van der Waals surface area contributed by atoms with Gasteiger partial charge in [0.2, 0.25) is 0 Å². The molecule has 0 aromatic heterocycles. The predicted molar refractivity (Wildman–Crippen MR) is 58.1 cm³/mol. The Balaban J connectivity index is 2.09. The number of carbonyl (C=O) groups is 1. The topological polar surface area (TPSA) is 50.4 Å². The summed E-state index contributed by atoms with van der Waals surface area (Å²) in [6, 6.07) is 4.23. The summed E-state index contributed by atoms with van der Waals surface area (Å²) >= 11 is 0. The monoisotopic (exact) mass is 224 g/mol. The van der Waals surface area contributed by atoms with Crippen molar-refractivity contribution in [3.63, 3.8) is 0 Å². The molecule has 2 rings (SSSR count). The number of ether oxygens (including phenoxy) is 1. The predicted octanol–water partition coefficient (Wildman–Crippen LogP) is 2.12. The van der Waals surface area contributed by atoms with Crippen LogP contribution in [0.25, 0.3) is 0 Å². The Morgan fingerprint density at radius 2 is 2.25 bits per heavy atom. The van der Waals surface area contributed by atoms with Crippen LogP contribution in [0.15, 0.2) is 18.2 Å². The summed E-state index contributed by atoms with van der Waals surface area (Å²) < 4.78 is 18.4. The number of rotatable bonds is 3. The number of benzene rings is 1. The first-order valence-electron chi connectivity index (χ1n) is 5.10. The first kappa shape index (κ1) is 10.7. The third-order valence-electron chi connectivity index (χ3n) is 2.35. The van der Waals surface area contributed by atoms with E-state index in [2.05, 4.69) is 10.6 Å². The average Bonchev–Trinajstić information content (AvgIpc) is 3.05. The van der Waals surface area contributed by atoms with Gasteiger partial charge in [0.25, 0.3) is 0 Å². The molecule has 4 nitrogen and oxygen atoms in total. The van der Waals surface area contributed by atoms with Crippen LogP contribution in [0.2, 0.25) is 0 Å². The Morgan fingerprint density at radius 1 is 1.50 bits per heavy atom. The van der Waals surface area contributed by atoms with Crippen molar-refractivity contribution in [3.8, 4) is 5.75 Å². The number of nitrogens with one attached hydrogen (secondary N) is 2. The molecule has 0 spiro atoms. The van der Waals surface area contributed by atoms with Gasteiger partial charge in [0.1, 0.15) is 11.4 Å². The summed E-state index contributed by atoms with van der Waals surface area (Å²) in [5, 5.41) is 5.16. The number of hydrogen-bond acceptors (Lipinski definition) is 2. The molecule has 0 bridgehead atoms. The maximum absolute atomic E-state index is 13.4. The number of carbonyl (C=O) groups excluding carboxylic acids is 1. The molecule has 0 aliphatic heterocycles. The highest BCUT2D eigenvalue weighted by Crippen LogP contribution is 2.27. The van der Waals surface area contributed by atoms with Gasteiger partial charge in [-0.15, -0.1) is 0 Å². The quantitative estimate of drug-likeness (QED) is 0.826. The van der Waals surface area contributed by atoms with Gasteiger partial charge >= 0.3 is 6.03 Å². The summed E-state index contributed by atoms with van der Waals surface area (Å²) in [4.78, 5) is 11.4. The number of hydrogen-bond donors (Lipinski definition) is 2. The zero-order valence-electron chi connectivity index (χ0n) is 8.92. The molecule has 0 atom stereocenters. The van der Waals surface area contributed by atoms with Crippen LogP contribution in [0, 0.1) is 5.82 Å². The van der Waals surface area contributed by atoms with Crippen LogP contribution in [0.5, 0.6) is 5.75 Å². The second kappa shape index (κ2) is 4.38. The Bertz CT molecular complexity index is 405. The third kappa shape index (κ3) is 2.42. The van der Waals surface area contributed by atoms with Gasteiger partial charge in [0.15, 0.2) is 5.82 Å². The van der Waals surface area contributed by atoms with E-state index in [1.165, 1.54) is 19.2 Å². The molecule has 0 saturated heterocycles. The zero-order valence-corrected chi connectivity index (χ0v) is 8.92. The van der Waals surface area contributed by atoms with Crippen molar-refractivity contribution in [1.29, 1.82) is 0 Å². The van der Waals surface area contributed by atoms with E-state index in [0.717, 1.165) is 12.8 Å². The molecule has 0 unspecified atom stereocenters. The van der Waals surface area contributed by atoms with E-state index < -0.39 is 11.8 Å². The van der Waals surface area contributed by atoms with Crippen LogP contribution in [-0.2, 0) is 0 Å². The molecule has 16 heavy (non-hydrogen) atoms. The fraction of sp³-hybridized carbons (Fsp3) is 0.364. The maximum atomic E-state index is 13.4. The Labute approximate surface area is 92.8 Å². The molecule has 0 radical (unpaired) electrons. The molecule has 0 heterocycles. The van der Waals surface area contributed by atoms with E-state index in [-0.39, 0.29) is 11.7 Å².